The summed E-state index contributed by atoms with van der Waals surface area (Å²) in [4.78, 5) is 15.3. The van der Waals surface area contributed by atoms with E-state index in [9.17, 15) is 13.2 Å². The van der Waals surface area contributed by atoms with Gasteiger partial charge in [-0.25, -0.2) is 9.97 Å². The second-order valence-corrected chi connectivity index (χ2v) is 10.6. The van der Waals surface area contributed by atoms with Crippen molar-refractivity contribution >= 4 is 17.3 Å². The molecule has 3 aromatic heterocycles. The van der Waals surface area contributed by atoms with Crippen molar-refractivity contribution in [2.75, 3.05) is 31.3 Å². The lowest BCUT2D eigenvalue weighted by Gasteiger charge is -2.17. The van der Waals surface area contributed by atoms with Gasteiger partial charge in [0, 0.05) is 59.7 Å². The molecule has 43 heavy (non-hydrogen) atoms. The van der Waals surface area contributed by atoms with Gasteiger partial charge in [-0.15, -0.1) is 0 Å². The number of hydrogen-bond acceptors (Lipinski definition) is 8. The number of nitrogens with zero attached hydrogens (tertiary/aromatic N) is 5. The molecule has 0 atom stereocenters. The Balaban J connectivity index is 1.32. The Bertz CT molecular complexity index is 1720. The van der Waals surface area contributed by atoms with Crippen molar-refractivity contribution in [3.05, 3.63) is 101 Å². The van der Waals surface area contributed by atoms with E-state index in [-0.39, 0.29) is 12.2 Å². The Morgan fingerprint density at radius 2 is 1.65 bits per heavy atom. The van der Waals surface area contributed by atoms with Gasteiger partial charge in [0.2, 0.25) is 5.95 Å². The maximum Gasteiger partial charge on any atom is 0.418 e. The normalized spacial score (nSPS) is 11.6. The highest BCUT2D eigenvalue weighted by Gasteiger charge is 2.33. The standard InChI is InChI=1S/C32H32F3N7O/c1-20-5-6-23(17-38-28-8-7-22(10-12-42(3)4)13-26(28)32(33,34)35)14-29(20)41-31-37-11-9-27(40-31)24-15-25(19-36-18-24)30-21(2)16-39-43-30/h5-9,11,13-16,18-19,38H,10,12,17H2,1-4H3,(H,37,40,41). The summed E-state index contributed by atoms with van der Waals surface area (Å²) in [7, 11) is 3.79. The van der Waals surface area contributed by atoms with Gasteiger partial charge in [0.25, 0.3) is 0 Å². The summed E-state index contributed by atoms with van der Waals surface area (Å²) in [5.74, 6) is 1.02. The monoisotopic (exact) mass is 587 g/mol. The zero-order chi connectivity index (χ0) is 30.6. The molecule has 0 saturated carbocycles. The van der Waals surface area contributed by atoms with Crippen molar-refractivity contribution in [2.24, 2.45) is 0 Å². The summed E-state index contributed by atoms with van der Waals surface area (Å²) >= 11 is 0. The number of nitrogens with one attached hydrogen (secondary N) is 2. The Kier molecular flexibility index (Phi) is 8.72. The Morgan fingerprint density at radius 1 is 0.860 bits per heavy atom. The first-order valence-corrected chi connectivity index (χ1v) is 13.7. The van der Waals surface area contributed by atoms with E-state index >= 15 is 0 Å². The molecule has 2 aromatic carbocycles. The maximum absolute atomic E-state index is 13.9. The van der Waals surface area contributed by atoms with Crippen LogP contribution >= 0.6 is 0 Å². The summed E-state index contributed by atoms with van der Waals surface area (Å²) < 4.78 is 47.0. The molecule has 2 N–H and O–H groups in total. The number of aryl methyl sites for hydroxylation is 2. The van der Waals surface area contributed by atoms with Crippen LogP contribution in [0.3, 0.4) is 0 Å². The lowest BCUT2D eigenvalue weighted by molar-refractivity contribution is -0.137. The Labute approximate surface area is 248 Å². The molecule has 0 fully saturated rings. The summed E-state index contributed by atoms with van der Waals surface area (Å²) in [5, 5.41) is 10.1. The second kappa shape index (κ2) is 12.6. The van der Waals surface area contributed by atoms with Crippen LogP contribution < -0.4 is 10.6 Å². The van der Waals surface area contributed by atoms with E-state index in [1.807, 2.05) is 57.1 Å². The first-order chi connectivity index (χ1) is 20.6. The lowest BCUT2D eigenvalue weighted by Crippen LogP contribution is -2.16. The summed E-state index contributed by atoms with van der Waals surface area (Å²) in [6, 6.07) is 13.9. The number of hydrogen-bond donors (Lipinski definition) is 2. The molecular weight excluding hydrogens is 555 g/mol. The van der Waals surface area contributed by atoms with E-state index in [0.29, 0.717) is 35.9 Å². The molecule has 11 heteroatoms. The molecule has 0 aliphatic carbocycles. The van der Waals surface area contributed by atoms with Crippen molar-refractivity contribution in [3.63, 3.8) is 0 Å². The van der Waals surface area contributed by atoms with Gasteiger partial charge in [0.15, 0.2) is 5.76 Å². The van der Waals surface area contributed by atoms with E-state index in [2.05, 4.69) is 30.7 Å². The van der Waals surface area contributed by atoms with Crippen molar-refractivity contribution in [1.29, 1.82) is 0 Å². The molecule has 8 nitrogen and oxygen atoms in total. The molecule has 5 rings (SSSR count). The van der Waals surface area contributed by atoms with Crippen LogP contribution in [0.1, 0.15) is 27.8 Å². The average molecular weight is 588 g/mol. The van der Waals surface area contributed by atoms with Gasteiger partial charge in [-0.3, -0.25) is 4.98 Å². The number of rotatable bonds is 10. The van der Waals surface area contributed by atoms with Crippen LogP contribution in [0.5, 0.6) is 0 Å². The predicted octanol–water partition coefficient (Wildman–Crippen LogP) is 7.29. The minimum Gasteiger partial charge on any atom is -0.380 e. The highest BCUT2D eigenvalue weighted by Crippen LogP contribution is 2.36. The first kappa shape index (κ1) is 29.7. The fourth-order valence-corrected chi connectivity index (χ4v) is 4.57. The van der Waals surface area contributed by atoms with Crippen LogP contribution in [-0.2, 0) is 19.1 Å². The Hall–Kier alpha value is -4.77. The maximum atomic E-state index is 13.9. The van der Waals surface area contributed by atoms with Gasteiger partial charge >= 0.3 is 6.18 Å². The third-order valence-electron chi connectivity index (χ3n) is 6.97. The smallest absolute Gasteiger partial charge is 0.380 e. The van der Waals surface area contributed by atoms with Gasteiger partial charge in [0.1, 0.15) is 0 Å². The minimum atomic E-state index is -4.47. The van der Waals surface area contributed by atoms with Crippen LogP contribution in [0.4, 0.5) is 30.5 Å². The molecular formula is C32H32F3N7O. The van der Waals surface area contributed by atoms with Crippen molar-refractivity contribution in [1.82, 2.24) is 25.0 Å². The number of alkyl halides is 3. The van der Waals surface area contributed by atoms with E-state index < -0.39 is 11.7 Å². The number of aromatic nitrogens is 4. The van der Waals surface area contributed by atoms with Gasteiger partial charge in [-0.1, -0.05) is 23.4 Å². The van der Waals surface area contributed by atoms with Crippen molar-refractivity contribution < 1.29 is 17.7 Å². The third-order valence-corrected chi connectivity index (χ3v) is 6.97. The quantitative estimate of drug-likeness (QED) is 0.176. The topological polar surface area (TPSA) is 92.0 Å². The fourth-order valence-electron chi connectivity index (χ4n) is 4.57. The fraction of sp³-hybridized carbons (Fsp3) is 0.250. The van der Waals surface area contributed by atoms with E-state index in [4.69, 9.17) is 4.52 Å². The van der Waals surface area contributed by atoms with Crippen molar-refractivity contribution in [3.8, 4) is 22.6 Å². The second-order valence-electron chi connectivity index (χ2n) is 10.6. The number of likely N-dealkylation sites (N-methyl/N-ethyl adjacent to an activating group) is 1. The number of pyridine rings is 1. The van der Waals surface area contributed by atoms with Crippen LogP contribution in [0.15, 0.2) is 77.8 Å². The SMILES string of the molecule is Cc1ccc(CNc2ccc(CCN(C)C)cc2C(F)(F)F)cc1Nc1nccc(-c2cncc(-c3oncc3C)c2)n1. The van der Waals surface area contributed by atoms with E-state index in [1.165, 1.54) is 12.1 Å². The third kappa shape index (κ3) is 7.36. The predicted molar refractivity (Wildman–Crippen MR) is 161 cm³/mol. The number of benzene rings is 2. The minimum absolute atomic E-state index is 0.0450. The zero-order valence-electron chi connectivity index (χ0n) is 24.3. The van der Waals surface area contributed by atoms with Crippen LogP contribution in [0, 0.1) is 13.8 Å². The molecule has 222 valence electrons. The van der Waals surface area contributed by atoms with Gasteiger partial charge in [-0.05, 0) is 81.4 Å². The molecule has 0 unspecified atom stereocenters. The van der Waals surface area contributed by atoms with Crippen LogP contribution in [0.2, 0.25) is 0 Å². The van der Waals surface area contributed by atoms with E-state index in [0.717, 1.165) is 33.5 Å². The molecule has 0 aliphatic heterocycles. The summed E-state index contributed by atoms with van der Waals surface area (Å²) in [5.41, 5.74) is 5.63. The van der Waals surface area contributed by atoms with Crippen LogP contribution in [-0.4, -0.2) is 45.6 Å². The number of anilines is 3. The van der Waals surface area contributed by atoms with Gasteiger partial charge < -0.3 is 20.1 Å². The highest BCUT2D eigenvalue weighted by atomic mass is 19.4. The molecule has 0 amide bonds. The largest absolute Gasteiger partial charge is 0.418 e. The average Bonchev–Trinajstić information content (AvgIpc) is 3.42. The molecule has 0 aliphatic rings. The molecule has 0 radical (unpaired) electrons. The molecule has 0 bridgehead atoms. The molecule has 0 saturated heterocycles. The zero-order valence-corrected chi connectivity index (χ0v) is 24.3. The van der Waals surface area contributed by atoms with Crippen molar-refractivity contribution in [2.45, 2.75) is 33.0 Å². The lowest BCUT2D eigenvalue weighted by atomic mass is 10.0. The first-order valence-electron chi connectivity index (χ1n) is 13.7. The van der Waals surface area contributed by atoms with Crippen LogP contribution in [0.25, 0.3) is 22.6 Å². The number of halogens is 3. The highest BCUT2D eigenvalue weighted by molar-refractivity contribution is 5.69. The Morgan fingerprint density at radius 3 is 2.40 bits per heavy atom. The van der Waals surface area contributed by atoms with Gasteiger partial charge in [0.05, 0.1) is 17.5 Å². The van der Waals surface area contributed by atoms with Gasteiger partial charge in [-0.2, -0.15) is 13.2 Å². The molecule has 0 spiro atoms. The molecule has 5 aromatic rings. The summed E-state index contributed by atoms with van der Waals surface area (Å²) in [6.45, 7) is 4.72. The summed E-state index contributed by atoms with van der Waals surface area (Å²) in [6.07, 6.45) is 2.79. The molecule has 3 heterocycles. The van der Waals surface area contributed by atoms with E-state index in [1.54, 1.807) is 36.9 Å².